The summed E-state index contributed by atoms with van der Waals surface area (Å²) in [5, 5.41) is 0. The molecule has 0 aromatic carbocycles. The van der Waals surface area contributed by atoms with Crippen LogP contribution in [-0.2, 0) is 0 Å². The van der Waals surface area contributed by atoms with Crippen molar-refractivity contribution in [3.63, 3.8) is 0 Å². The molecule has 19 heavy (non-hydrogen) atoms. The molecule has 0 atom stereocenters. The molecule has 0 aliphatic heterocycles. The van der Waals surface area contributed by atoms with Gasteiger partial charge >= 0.3 is 0 Å². The molecule has 0 bridgehead atoms. The van der Waals surface area contributed by atoms with Crippen LogP contribution in [0, 0.1) is 5.41 Å². The quantitative estimate of drug-likeness (QED) is 0.478. The molecular weight excluding hydrogens is 228 g/mol. The highest BCUT2D eigenvalue weighted by Gasteiger charge is 2.22. The van der Waals surface area contributed by atoms with Crippen molar-refractivity contribution in [1.29, 1.82) is 0 Å². The standard InChI is InChI=1S/C10H16.C6H14.C3H6/c1-8-5-9(2)7-10(3,4)6-8;1-3-5-6-4-2;1-2-3-1/h5H,1,6-7H2,2-4H3;3-6H2,1-2H3;1-3H2. The minimum Gasteiger partial charge on any atom is -0.0958 e. The highest BCUT2D eigenvalue weighted by atomic mass is 14.3. The van der Waals surface area contributed by atoms with Gasteiger partial charge in [-0.25, -0.2) is 0 Å². The highest BCUT2D eigenvalue weighted by Crippen LogP contribution is 2.36. The summed E-state index contributed by atoms with van der Waals surface area (Å²) in [6.07, 6.45) is 14.6. The van der Waals surface area contributed by atoms with Gasteiger partial charge in [0.25, 0.3) is 0 Å². The van der Waals surface area contributed by atoms with Crippen LogP contribution < -0.4 is 0 Å². The molecule has 1 fully saturated rings. The molecule has 112 valence electrons. The van der Waals surface area contributed by atoms with Crippen LogP contribution in [0.4, 0.5) is 0 Å². The molecule has 2 rings (SSSR count). The summed E-state index contributed by atoms with van der Waals surface area (Å²) >= 11 is 0. The Bertz CT molecular complexity index is 259. The van der Waals surface area contributed by atoms with Crippen molar-refractivity contribution in [1.82, 2.24) is 0 Å². The summed E-state index contributed by atoms with van der Waals surface area (Å²) in [7, 11) is 0. The molecule has 0 spiro atoms. The van der Waals surface area contributed by atoms with Crippen LogP contribution in [0.2, 0.25) is 0 Å². The summed E-state index contributed by atoms with van der Waals surface area (Å²) < 4.78 is 0. The maximum atomic E-state index is 3.98. The van der Waals surface area contributed by atoms with E-state index in [1.165, 1.54) is 62.5 Å². The summed E-state index contributed by atoms with van der Waals surface area (Å²) in [5.74, 6) is 0. The third kappa shape index (κ3) is 13.7. The Balaban J connectivity index is 0.000000303. The van der Waals surface area contributed by atoms with Crippen molar-refractivity contribution < 1.29 is 0 Å². The van der Waals surface area contributed by atoms with Gasteiger partial charge in [-0.3, -0.25) is 0 Å². The van der Waals surface area contributed by atoms with Gasteiger partial charge in [-0.1, -0.05) is 96.4 Å². The third-order valence-electron chi connectivity index (χ3n) is 3.22. The van der Waals surface area contributed by atoms with Crippen molar-refractivity contribution in [2.24, 2.45) is 5.41 Å². The lowest BCUT2D eigenvalue weighted by molar-refractivity contribution is 0.352. The van der Waals surface area contributed by atoms with Gasteiger partial charge in [-0.15, -0.1) is 0 Å². The fourth-order valence-electron chi connectivity index (χ4n) is 2.38. The Labute approximate surface area is 122 Å². The van der Waals surface area contributed by atoms with E-state index in [1.807, 2.05) is 0 Å². The predicted molar refractivity (Wildman–Crippen MR) is 89.6 cm³/mol. The molecule has 0 unspecified atom stereocenters. The van der Waals surface area contributed by atoms with Gasteiger partial charge in [-0.05, 0) is 25.2 Å². The lowest BCUT2D eigenvalue weighted by atomic mass is 9.76. The van der Waals surface area contributed by atoms with Crippen molar-refractivity contribution in [3.05, 3.63) is 23.8 Å². The van der Waals surface area contributed by atoms with E-state index >= 15 is 0 Å². The van der Waals surface area contributed by atoms with Crippen molar-refractivity contribution in [3.8, 4) is 0 Å². The van der Waals surface area contributed by atoms with Gasteiger partial charge in [-0.2, -0.15) is 0 Å². The molecule has 0 saturated heterocycles. The number of hydrogen-bond acceptors (Lipinski definition) is 0. The number of allylic oxidation sites excluding steroid dienone is 3. The zero-order chi connectivity index (χ0) is 14.7. The molecule has 1 saturated carbocycles. The lowest BCUT2D eigenvalue weighted by Gasteiger charge is -2.29. The van der Waals surface area contributed by atoms with Crippen LogP contribution in [0.5, 0.6) is 0 Å². The summed E-state index contributed by atoms with van der Waals surface area (Å²) in [6, 6.07) is 0. The molecule has 0 heteroatoms. The normalized spacial score (nSPS) is 19.4. The Hall–Kier alpha value is -0.520. The molecule has 0 N–H and O–H groups in total. The SMILES string of the molecule is C1CC1.C=C1C=C(C)CC(C)(C)C1.CCCCCC. The Morgan fingerprint density at radius 2 is 1.47 bits per heavy atom. The van der Waals surface area contributed by atoms with E-state index in [4.69, 9.17) is 0 Å². The first-order valence-electron chi connectivity index (χ1n) is 8.26. The van der Waals surface area contributed by atoms with Gasteiger partial charge in [0.1, 0.15) is 0 Å². The van der Waals surface area contributed by atoms with Crippen LogP contribution in [0.3, 0.4) is 0 Å². The van der Waals surface area contributed by atoms with Gasteiger partial charge in [0.2, 0.25) is 0 Å². The minimum absolute atomic E-state index is 0.454. The first-order chi connectivity index (χ1) is 8.91. The molecule has 2 aliphatic rings. The molecule has 0 aromatic heterocycles. The molecule has 0 heterocycles. The van der Waals surface area contributed by atoms with E-state index in [1.54, 1.807) is 0 Å². The first kappa shape index (κ1) is 18.5. The van der Waals surface area contributed by atoms with E-state index in [9.17, 15) is 0 Å². The summed E-state index contributed by atoms with van der Waals surface area (Å²) in [6.45, 7) is 15.2. The second-order valence-corrected chi connectivity index (χ2v) is 6.93. The molecule has 0 nitrogen and oxygen atoms in total. The fourth-order valence-corrected chi connectivity index (χ4v) is 2.38. The Kier molecular flexibility index (Phi) is 10.0. The number of rotatable bonds is 3. The van der Waals surface area contributed by atoms with Gasteiger partial charge in [0, 0.05) is 0 Å². The van der Waals surface area contributed by atoms with Gasteiger partial charge in [0.05, 0.1) is 0 Å². The van der Waals surface area contributed by atoms with E-state index < -0.39 is 0 Å². The van der Waals surface area contributed by atoms with E-state index in [-0.39, 0.29) is 0 Å². The first-order valence-corrected chi connectivity index (χ1v) is 8.26. The van der Waals surface area contributed by atoms with E-state index in [0.717, 1.165) is 6.42 Å². The number of unbranched alkanes of at least 4 members (excludes halogenated alkanes) is 3. The monoisotopic (exact) mass is 264 g/mol. The minimum atomic E-state index is 0.454. The predicted octanol–water partition coefficient (Wildman–Crippen LogP) is 7.07. The fraction of sp³-hybridized carbons (Fsp3) is 0.789. The second-order valence-electron chi connectivity index (χ2n) is 6.93. The molecule has 2 aliphatic carbocycles. The van der Waals surface area contributed by atoms with Crippen LogP contribution in [0.25, 0.3) is 0 Å². The van der Waals surface area contributed by atoms with Crippen molar-refractivity contribution in [2.45, 2.75) is 92.4 Å². The Morgan fingerprint density at radius 1 is 1.00 bits per heavy atom. The molecule has 0 radical (unpaired) electrons. The maximum absolute atomic E-state index is 3.98. The van der Waals surface area contributed by atoms with Crippen molar-refractivity contribution >= 4 is 0 Å². The van der Waals surface area contributed by atoms with E-state index in [2.05, 4.69) is 47.3 Å². The summed E-state index contributed by atoms with van der Waals surface area (Å²) in [4.78, 5) is 0. The van der Waals surface area contributed by atoms with Crippen LogP contribution in [-0.4, -0.2) is 0 Å². The van der Waals surface area contributed by atoms with Crippen LogP contribution in [0.15, 0.2) is 23.8 Å². The molecule has 0 aromatic rings. The zero-order valence-corrected chi connectivity index (χ0v) is 14.1. The number of hydrogen-bond donors (Lipinski definition) is 0. The van der Waals surface area contributed by atoms with Crippen molar-refractivity contribution in [2.75, 3.05) is 0 Å². The molecular formula is C19H36. The maximum Gasteiger partial charge on any atom is -0.0230 e. The second kappa shape index (κ2) is 10.3. The van der Waals surface area contributed by atoms with E-state index in [0.29, 0.717) is 5.41 Å². The Morgan fingerprint density at radius 3 is 1.74 bits per heavy atom. The average Bonchev–Trinajstić information content (AvgIpc) is 3.10. The smallest absolute Gasteiger partial charge is 0.0230 e. The van der Waals surface area contributed by atoms with Crippen LogP contribution >= 0.6 is 0 Å². The largest absolute Gasteiger partial charge is 0.0958 e. The molecule has 0 amide bonds. The highest BCUT2D eigenvalue weighted by molar-refractivity contribution is 5.25. The lowest BCUT2D eigenvalue weighted by Crippen LogP contribution is -2.15. The summed E-state index contributed by atoms with van der Waals surface area (Å²) in [5.41, 5.74) is 3.21. The average molecular weight is 264 g/mol. The topological polar surface area (TPSA) is 0 Å². The van der Waals surface area contributed by atoms with Gasteiger partial charge < -0.3 is 0 Å². The third-order valence-corrected chi connectivity index (χ3v) is 3.22. The van der Waals surface area contributed by atoms with Gasteiger partial charge in [0.15, 0.2) is 0 Å². The van der Waals surface area contributed by atoms with Crippen LogP contribution in [0.1, 0.15) is 92.4 Å². The zero-order valence-electron chi connectivity index (χ0n) is 14.1.